The second-order valence-electron chi connectivity index (χ2n) is 3.71. The number of amides is 1. The first-order valence-electron chi connectivity index (χ1n) is 4.97. The van der Waals surface area contributed by atoms with Gasteiger partial charge in [-0.3, -0.25) is 4.79 Å². The molecule has 1 rings (SSSR count). The van der Waals surface area contributed by atoms with E-state index in [4.69, 9.17) is 10.2 Å². The van der Waals surface area contributed by atoms with Crippen LogP contribution in [0.4, 0.5) is 0 Å². The Kier molecular flexibility index (Phi) is 6.32. The molecule has 0 aromatic rings. The van der Waals surface area contributed by atoms with E-state index in [1.54, 1.807) is 0 Å². The van der Waals surface area contributed by atoms with Gasteiger partial charge in [0.15, 0.2) is 6.04 Å². The summed E-state index contributed by atoms with van der Waals surface area (Å²) in [5.41, 5.74) is 0. The molecule has 0 aliphatic carbocycles. The number of aliphatic hydroxyl groups excluding tert-OH is 1. The molecule has 7 heteroatoms. The van der Waals surface area contributed by atoms with Crippen molar-refractivity contribution in [2.24, 2.45) is 0 Å². The molecule has 1 heterocycles. The number of hydrogen-bond donors (Lipinski definition) is 4. The van der Waals surface area contributed by atoms with Crippen molar-refractivity contribution >= 4 is 24.3 Å². The van der Waals surface area contributed by atoms with Crippen LogP contribution in [0.2, 0.25) is 0 Å². The van der Waals surface area contributed by atoms with Crippen LogP contribution in [0.1, 0.15) is 19.8 Å². The van der Waals surface area contributed by atoms with E-state index in [9.17, 15) is 9.59 Å². The zero-order valence-corrected chi connectivity index (χ0v) is 9.79. The summed E-state index contributed by atoms with van der Waals surface area (Å²) >= 11 is 0. The lowest BCUT2D eigenvalue weighted by Gasteiger charge is -2.19. The van der Waals surface area contributed by atoms with Crippen LogP contribution in [0.5, 0.6) is 0 Å². The molecule has 1 fully saturated rings. The zero-order valence-electron chi connectivity index (χ0n) is 8.97. The van der Waals surface area contributed by atoms with Crippen LogP contribution < -0.4 is 10.6 Å². The van der Waals surface area contributed by atoms with Gasteiger partial charge in [-0.25, -0.2) is 4.79 Å². The Morgan fingerprint density at radius 2 is 2.12 bits per heavy atom. The standard InChI is InChI=1S/C9H16N2O4.ClH/c1-5(12)7(9(14)15)11-8(13)6-3-2-4-10-6;/h5-7,10,12H,2-4H2,1H3,(H,11,13)(H,14,15);1H/t5-,6+,7+;/m1./s1. The maximum Gasteiger partial charge on any atom is 0.328 e. The van der Waals surface area contributed by atoms with Gasteiger partial charge >= 0.3 is 5.97 Å². The highest BCUT2D eigenvalue weighted by atomic mass is 35.5. The molecule has 3 atom stereocenters. The zero-order chi connectivity index (χ0) is 11.4. The van der Waals surface area contributed by atoms with E-state index in [1.165, 1.54) is 6.92 Å². The minimum atomic E-state index is -1.24. The quantitative estimate of drug-likeness (QED) is 0.520. The molecule has 4 N–H and O–H groups in total. The third-order valence-corrected chi connectivity index (χ3v) is 2.42. The van der Waals surface area contributed by atoms with Crippen molar-refractivity contribution < 1.29 is 19.8 Å². The Balaban J connectivity index is 0.00000225. The molecule has 1 amide bonds. The monoisotopic (exact) mass is 252 g/mol. The van der Waals surface area contributed by atoms with Gasteiger partial charge in [-0.05, 0) is 26.3 Å². The molecular weight excluding hydrogens is 236 g/mol. The maximum absolute atomic E-state index is 11.5. The van der Waals surface area contributed by atoms with Gasteiger partial charge in [0, 0.05) is 0 Å². The lowest BCUT2D eigenvalue weighted by Crippen LogP contribution is -2.52. The molecule has 0 bridgehead atoms. The van der Waals surface area contributed by atoms with E-state index in [0.29, 0.717) is 6.42 Å². The Hall–Kier alpha value is -0.850. The summed E-state index contributed by atoms with van der Waals surface area (Å²) in [5, 5.41) is 23.2. The highest BCUT2D eigenvalue weighted by molar-refractivity contribution is 5.87. The minimum Gasteiger partial charge on any atom is -0.480 e. The molecular formula is C9H17ClN2O4. The van der Waals surface area contributed by atoms with Crippen LogP contribution in [0, 0.1) is 0 Å². The van der Waals surface area contributed by atoms with Crippen LogP contribution in [-0.2, 0) is 9.59 Å². The van der Waals surface area contributed by atoms with Crippen LogP contribution in [-0.4, -0.2) is 46.8 Å². The normalized spacial score (nSPS) is 23.0. The SMILES string of the molecule is C[C@@H](O)[C@H](NC(=O)[C@@H]1CCCN1)C(=O)O.Cl. The summed E-state index contributed by atoms with van der Waals surface area (Å²) in [4.78, 5) is 22.2. The third kappa shape index (κ3) is 3.96. The molecule has 0 radical (unpaired) electrons. The average Bonchev–Trinajstić information content (AvgIpc) is 2.65. The second kappa shape index (κ2) is 6.67. The third-order valence-electron chi connectivity index (χ3n) is 2.42. The van der Waals surface area contributed by atoms with Crippen LogP contribution in [0.3, 0.4) is 0 Å². The van der Waals surface area contributed by atoms with E-state index in [1.807, 2.05) is 0 Å². The first kappa shape index (κ1) is 15.2. The first-order valence-corrected chi connectivity index (χ1v) is 4.97. The van der Waals surface area contributed by atoms with Gasteiger partial charge in [-0.2, -0.15) is 0 Å². The number of hydrogen-bond acceptors (Lipinski definition) is 4. The predicted molar refractivity (Wildman–Crippen MR) is 59.5 cm³/mol. The molecule has 6 nitrogen and oxygen atoms in total. The second-order valence-corrected chi connectivity index (χ2v) is 3.71. The topological polar surface area (TPSA) is 98.7 Å². The largest absolute Gasteiger partial charge is 0.480 e. The molecule has 16 heavy (non-hydrogen) atoms. The minimum absolute atomic E-state index is 0. The van der Waals surface area contributed by atoms with Crippen molar-refractivity contribution in [2.75, 3.05) is 6.54 Å². The lowest BCUT2D eigenvalue weighted by atomic mass is 10.1. The van der Waals surface area contributed by atoms with Crippen molar-refractivity contribution in [2.45, 2.75) is 38.0 Å². The summed E-state index contributed by atoms with van der Waals surface area (Å²) in [5.74, 6) is -1.59. The Bertz CT molecular complexity index is 254. The number of aliphatic carboxylic acids is 1. The Labute approximate surface area is 99.8 Å². The number of nitrogens with one attached hydrogen (secondary N) is 2. The average molecular weight is 253 g/mol. The Morgan fingerprint density at radius 3 is 2.50 bits per heavy atom. The van der Waals surface area contributed by atoms with Crippen LogP contribution in [0.25, 0.3) is 0 Å². The first-order chi connectivity index (χ1) is 7.02. The summed E-state index contributed by atoms with van der Waals surface area (Å²) in [7, 11) is 0. The van der Waals surface area contributed by atoms with Crippen molar-refractivity contribution in [1.29, 1.82) is 0 Å². The fraction of sp³-hybridized carbons (Fsp3) is 0.778. The number of carboxylic acid groups (broad SMARTS) is 1. The smallest absolute Gasteiger partial charge is 0.328 e. The fourth-order valence-corrected chi connectivity index (χ4v) is 1.55. The van der Waals surface area contributed by atoms with Gasteiger partial charge in [0.05, 0.1) is 12.1 Å². The van der Waals surface area contributed by atoms with E-state index in [-0.39, 0.29) is 24.4 Å². The Morgan fingerprint density at radius 1 is 1.50 bits per heavy atom. The highest BCUT2D eigenvalue weighted by Crippen LogP contribution is 2.05. The number of carbonyl (C=O) groups excluding carboxylic acids is 1. The molecule has 0 spiro atoms. The van der Waals surface area contributed by atoms with Gasteiger partial charge in [0.1, 0.15) is 0 Å². The van der Waals surface area contributed by atoms with Gasteiger partial charge in [0.25, 0.3) is 0 Å². The van der Waals surface area contributed by atoms with E-state index in [0.717, 1.165) is 13.0 Å². The summed E-state index contributed by atoms with van der Waals surface area (Å²) < 4.78 is 0. The summed E-state index contributed by atoms with van der Waals surface area (Å²) in [6.07, 6.45) is 0.510. The van der Waals surface area contributed by atoms with Crippen molar-refractivity contribution in [3.05, 3.63) is 0 Å². The molecule has 94 valence electrons. The molecule has 1 saturated heterocycles. The maximum atomic E-state index is 11.5. The number of carboxylic acids is 1. The van der Waals surface area contributed by atoms with Crippen molar-refractivity contribution in [3.63, 3.8) is 0 Å². The lowest BCUT2D eigenvalue weighted by molar-refractivity contribution is -0.145. The summed E-state index contributed by atoms with van der Waals surface area (Å²) in [6, 6.07) is -1.56. The number of halogens is 1. The van der Waals surface area contributed by atoms with Gasteiger partial charge in [0.2, 0.25) is 5.91 Å². The van der Waals surface area contributed by atoms with Gasteiger partial charge in [-0.15, -0.1) is 12.4 Å². The molecule has 0 saturated carbocycles. The van der Waals surface area contributed by atoms with E-state index >= 15 is 0 Å². The van der Waals surface area contributed by atoms with Crippen LogP contribution in [0.15, 0.2) is 0 Å². The highest BCUT2D eigenvalue weighted by Gasteiger charge is 2.29. The molecule has 1 aliphatic rings. The van der Waals surface area contributed by atoms with E-state index in [2.05, 4.69) is 10.6 Å². The summed E-state index contributed by atoms with van der Waals surface area (Å²) in [6.45, 7) is 2.10. The molecule has 0 unspecified atom stereocenters. The van der Waals surface area contributed by atoms with Crippen molar-refractivity contribution in [3.8, 4) is 0 Å². The van der Waals surface area contributed by atoms with Crippen molar-refractivity contribution in [1.82, 2.24) is 10.6 Å². The number of aliphatic hydroxyl groups is 1. The van der Waals surface area contributed by atoms with Gasteiger partial charge < -0.3 is 20.8 Å². The van der Waals surface area contributed by atoms with Gasteiger partial charge in [-0.1, -0.05) is 0 Å². The van der Waals surface area contributed by atoms with E-state index < -0.39 is 18.1 Å². The number of rotatable bonds is 4. The molecule has 1 aliphatic heterocycles. The molecule has 0 aromatic carbocycles. The predicted octanol–water partition coefficient (Wildman–Crippen LogP) is -0.890. The fourth-order valence-electron chi connectivity index (χ4n) is 1.55. The number of carbonyl (C=O) groups is 2. The molecule has 0 aromatic heterocycles. The van der Waals surface area contributed by atoms with Crippen LogP contribution >= 0.6 is 12.4 Å².